The molecule has 0 radical (unpaired) electrons. The van der Waals surface area contributed by atoms with Crippen molar-refractivity contribution in [1.82, 2.24) is 9.78 Å². The quantitative estimate of drug-likeness (QED) is 0.909. The van der Waals surface area contributed by atoms with E-state index in [0.29, 0.717) is 12.1 Å². The number of aromatic nitrogens is 2. The Labute approximate surface area is 115 Å². The van der Waals surface area contributed by atoms with Crippen molar-refractivity contribution in [2.24, 2.45) is 0 Å². The van der Waals surface area contributed by atoms with E-state index in [-0.39, 0.29) is 0 Å². The Balaban J connectivity index is 2.15. The van der Waals surface area contributed by atoms with Crippen molar-refractivity contribution in [3.8, 4) is 0 Å². The minimum atomic E-state index is 0.329. The molecule has 0 saturated carbocycles. The first-order chi connectivity index (χ1) is 9.04. The van der Waals surface area contributed by atoms with Crippen LogP contribution in [0, 0.1) is 6.92 Å². The zero-order chi connectivity index (χ0) is 14.0. The first-order valence-electron chi connectivity index (χ1n) is 7.25. The van der Waals surface area contributed by atoms with Gasteiger partial charge in [0.2, 0.25) is 0 Å². The van der Waals surface area contributed by atoms with E-state index in [2.05, 4.69) is 30.8 Å². The molecule has 0 spiro atoms. The summed E-state index contributed by atoms with van der Waals surface area (Å²) >= 11 is 0. The van der Waals surface area contributed by atoms with E-state index in [4.69, 9.17) is 10.5 Å². The average molecular weight is 266 g/mol. The van der Waals surface area contributed by atoms with Gasteiger partial charge in [-0.1, -0.05) is 0 Å². The lowest BCUT2D eigenvalue weighted by Gasteiger charge is -2.34. The fourth-order valence-electron chi connectivity index (χ4n) is 2.69. The summed E-state index contributed by atoms with van der Waals surface area (Å²) in [5.41, 5.74) is 7.96. The molecule has 19 heavy (non-hydrogen) atoms. The number of hydrogen-bond acceptors (Lipinski definition) is 4. The third-order valence-corrected chi connectivity index (χ3v) is 3.74. The molecule has 1 aliphatic heterocycles. The summed E-state index contributed by atoms with van der Waals surface area (Å²) in [6.07, 6.45) is 2.53. The molecule has 1 saturated heterocycles. The number of aryl methyl sites for hydroxylation is 1. The summed E-state index contributed by atoms with van der Waals surface area (Å²) in [6.45, 7) is 11.1. The van der Waals surface area contributed by atoms with Crippen LogP contribution in [0.25, 0.3) is 0 Å². The SMILES string of the molecule is CCOC1CCN(c2c(N)c(C)nn2C(C)C)CC1. The zero-order valence-electron chi connectivity index (χ0n) is 12.5. The number of nitrogens with zero attached hydrogens (tertiary/aromatic N) is 3. The highest BCUT2D eigenvalue weighted by molar-refractivity contribution is 5.66. The van der Waals surface area contributed by atoms with Crippen LogP contribution < -0.4 is 10.6 Å². The summed E-state index contributed by atoms with van der Waals surface area (Å²) in [5.74, 6) is 1.09. The predicted molar refractivity (Wildman–Crippen MR) is 78.6 cm³/mol. The lowest BCUT2D eigenvalue weighted by molar-refractivity contribution is 0.0457. The Kier molecular flexibility index (Phi) is 4.34. The van der Waals surface area contributed by atoms with Gasteiger partial charge in [-0.25, -0.2) is 4.68 Å². The summed E-state index contributed by atoms with van der Waals surface area (Å²) in [5, 5.41) is 4.56. The molecule has 2 N–H and O–H groups in total. The number of rotatable bonds is 4. The normalized spacial score (nSPS) is 17.4. The Bertz CT molecular complexity index is 419. The van der Waals surface area contributed by atoms with Crippen LogP contribution in [0.15, 0.2) is 0 Å². The largest absolute Gasteiger partial charge is 0.394 e. The smallest absolute Gasteiger partial charge is 0.150 e. The highest BCUT2D eigenvalue weighted by Crippen LogP contribution is 2.31. The fraction of sp³-hybridized carbons (Fsp3) is 0.786. The third kappa shape index (κ3) is 2.86. The second kappa shape index (κ2) is 5.82. The molecule has 5 nitrogen and oxygen atoms in total. The van der Waals surface area contributed by atoms with Gasteiger partial charge in [0.1, 0.15) is 0 Å². The van der Waals surface area contributed by atoms with Gasteiger partial charge in [0, 0.05) is 25.7 Å². The lowest BCUT2D eigenvalue weighted by Crippen LogP contribution is -2.38. The van der Waals surface area contributed by atoms with Gasteiger partial charge >= 0.3 is 0 Å². The number of anilines is 2. The van der Waals surface area contributed by atoms with Gasteiger partial charge < -0.3 is 15.4 Å². The van der Waals surface area contributed by atoms with Crippen molar-refractivity contribution in [3.05, 3.63) is 5.69 Å². The summed E-state index contributed by atoms with van der Waals surface area (Å²) in [4.78, 5) is 2.35. The minimum Gasteiger partial charge on any atom is -0.394 e. The van der Waals surface area contributed by atoms with Gasteiger partial charge in [-0.15, -0.1) is 0 Å². The highest BCUT2D eigenvalue weighted by atomic mass is 16.5. The van der Waals surface area contributed by atoms with Crippen LogP contribution >= 0.6 is 0 Å². The molecule has 2 heterocycles. The molecule has 0 aliphatic carbocycles. The molecule has 1 fully saturated rings. The molecule has 2 rings (SSSR count). The van der Waals surface area contributed by atoms with Crippen LogP contribution in [0.3, 0.4) is 0 Å². The predicted octanol–water partition coefficient (Wildman–Crippen LogP) is 2.36. The van der Waals surface area contributed by atoms with E-state index in [1.165, 1.54) is 0 Å². The molecule has 0 atom stereocenters. The molecule has 108 valence electrons. The van der Waals surface area contributed by atoms with E-state index in [9.17, 15) is 0 Å². The lowest BCUT2D eigenvalue weighted by atomic mass is 10.1. The van der Waals surface area contributed by atoms with E-state index < -0.39 is 0 Å². The van der Waals surface area contributed by atoms with Gasteiger partial charge in [0.15, 0.2) is 5.82 Å². The minimum absolute atomic E-state index is 0.329. The molecule has 1 aliphatic rings. The second-order valence-electron chi connectivity index (χ2n) is 5.50. The molecular weight excluding hydrogens is 240 g/mol. The van der Waals surface area contributed by atoms with Gasteiger partial charge in [0.25, 0.3) is 0 Å². The number of piperidine rings is 1. The maximum Gasteiger partial charge on any atom is 0.150 e. The highest BCUT2D eigenvalue weighted by Gasteiger charge is 2.25. The van der Waals surface area contributed by atoms with E-state index in [1.807, 2.05) is 11.6 Å². The molecule has 0 amide bonds. The Morgan fingerprint density at radius 1 is 1.37 bits per heavy atom. The summed E-state index contributed by atoms with van der Waals surface area (Å²) in [7, 11) is 0. The van der Waals surface area contributed by atoms with Crippen molar-refractivity contribution in [2.45, 2.75) is 52.7 Å². The van der Waals surface area contributed by atoms with Crippen molar-refractivity contribution < 1.29 is 4.74 Å². The molecule has 1 aromatic heterocycles. The molecule has 0 aromatic carbocycles. The van der Waals surface area contributed by atoms with Crippen LogP contribution in [0.4, 0.5) is 11.5 Å². The topological polar surface area (TPSA) is 56.3 Å². The molecule has 1 aromatic rings. The monoisotopic (exact) mass is 266 g/mol. The van der Waals surface area contributed by atoms with E-state index in [1.54, 1.807) is 0 Å². The van der Waals surface area contributed by atoms with Crippen LogP contribution in [0.5, 0.6) is 0 Å². The zero-order valence-corrected chi connectivity index (χ0v) is 12.5. The second-order valence-corrected chi connectivity index (χ2v) is 5.50. The Hall–Kier alpha value is -1.23. The Morgan fingerprint density at radius 3 is 2.53 bits per heavy atom. The standard InChI is InChI=1S/C14H26N4O/c1-5-19-12-6-8-17(9-7-12)14-13(15)11(4)16-18(14)10(2)3/h10,12H,5-9,15H2,1-4H3. The fourth-order valence-corrected chi connectivity index (χ4v) is 2.69. The maximum atomic E-state index is 6.21. The molecule has 5 heteroatoms. The summed E-state index contributed by atoms with van der Waals surface area (Å²) < 4.78 is 7.75. The van der Waals surface area contributed by atoms with Crippen molar-refractivity contribution in [2.75, 3.05) is 30.3 Å². The number of ether oxygens (including phenoxy) is 1. The van der Waals surface area contributed by atoms with Crippen molar-refractivity contribution in [3.63, 3.8) is 0 Å². The van der Waals surface area contributed by atoms with Gasteiger partial charge in [-0.3, -0.25) is 0 Å². The van der Waals surface area contributed by atoms with Gasteiger partial charge in [-0.05, 0) is 40.5 Å². The van der Waals surface area contributed by atoms with Gasteiger partial charge in [0.05, 0.1) is 17.5 Å². The van der Waals surface area contributed by atoms with Crippen LogP contribution in [-0.4, -0.2) is 35.6 Å². The number of hydrogen-bond donors (Lipinski definition) is 1. The van der Waals surface area contributed by atoms with Gasteiger partial charge in [-0.2, -0.15) is 5.10 Å². The number of nitrogens with two attached hydrogens (primary N) is 1. The molecule has 0 bridgehead atoms. The third-order valence-electron chi connectivity index (χ3n) is 3.74. The van der Waals surface area contributed by atoms with Crippen LogP contribution in [0.1, 0.15) is 45.3 Å². The molecular formula is C14H26N4O. The van der Waals surface area contributed by atoms with E-state index in [0.717, 1.165) is 49.7 Å². The first kappa shape index (κ1) is 14.2. The number of nitrogen functional groups attached to an aromatic ring is 1. The maximum absolute atomic E-state index is 6.21. The van der Waals surface area contributed by atoms with Crippen molar-refractivity contribution >= 4 is 11.5 Å². The summed E-state index contributed by atoms with van der Waals surface area (Å²) in [6, 6.07) is 0.329. The van der Waals surface area contributed by atoms with E-state index >= 15 is 0 Å². The van der Waals surface area contributed by atoms with Crippen LogP contribution in [-0.2, 0) is 4.74 Å². The van der Waals surface area contributed by atoms with Crippen LogP contribution in [0.2, 0.25) is 0 Å². The Morgan fingerprint density at radius 2 is 2.00 bits per heavy atom. The average Bonchev–Trinajstić information content (AvgIpc) is 2.68. The van der Waals surface area contributed by atoms with Crippen molar-refractivity contribution in [1.29, 1.82) is 0 Å². The molecule has 0 unspecified atom stereocenters. The first-order valence-corrected chi connectivity index (χ1v) is 7.25.